The van der Waals surface area contributed by atoms with Crippen LogP contribution in [0.25, 0.3) is 101 Å². The van der Waals surface area contributed by atoms with Gasteiger partial charge in [-0.25, -0.2) is 0 Å². The largest absolute Gasteiger partial charge is 0.0622 e. The number of hydrogen-bond acceptors (Lipinski definition) is 0. The average molecular weight is 711 g/mol. The van der Waals surface area contributed by atoms with Crippen molar-refractivity contribution < 1.29 is 0 Å². The zero-order chi connectivity index (χ0) is 37.3. The fraction of sp³-hybridized carbons (Fsp3) is 0. The first kappa shape index (κ1) is 33.3. The van der Waals surface area contributed by atoms with E-state index in [2.05, 4.69) is 231 Å². The van der Waals surface area contributed by atoms with Gasteiger partial charge in [0, 0.05) is 0 Å². The Morgan fingerprint density at radius 2 is 0.393 bits per heavy atom. The van der Waals surface area contributed by atoms with Crippen LogP contribution in [0.15, 0.2) is 206 Å². The van der Waals surface area contributed by atoms with Crippen LogP contribution in [-0.2, 0) is 0 Å². The summed E-state index contributed by atoms with van der Waals surface area (Å²) < 4.78 is 0. The van der Waals surface area contributed by atoms with Gasteiger partial charge >= 0.3 is 0 Å². The SMILES string of the molecule is C(=C\c1ccc(-c2c3ccccc3c(-c3c4ccccc4c(-c4ccc(/C=C/c5ccccc5)cc4)c4ccccc34)c3ccccc23)cc1)/c1ccccc1. The van der Waals surface area contributed by atoms with Gasteiger partial charge in [-0.2, -0.15) is 0 Å². The number of fused-ring (bicyclic) bond motifs is 4. The minimum absolute atomic E-state index is 1.18. The molecule has 0 bridgehead atoms. The lowest BCUT2D eigenvalue weighted by Gasteiger charge is -2.22. The minimum atomic E-state index is 1.18. The van der Waals surface area contributed by atoms with E-state index < -0.39 is 0 Å². The molecule has 0 atom stereocenters. The third kappa shape index (κ3) is 6.08. The number of rotatable bonds is 7. The van der Waals surface area contributed by atoms with Crippen LogP contribution < -0.4 is 0 Å². The van der Waals surface area contributed by atoms with Gasteiger partial charge in [0.1, 0.15) is 0 Å². The minimum Gasteiger partial charge on any atom is -0.0622 e. The van der Waals surface area contributed by atoms with Gasteiger partial charge in [0.2, 0.25) is 0 Å². The molecule has 0 spiro atoms. The molecule has 0 nitrogen and oxygen atoms in total. The van der Waals surface area contributed by atoms with E-state index >= 15 is 0 Å². The summed E-state index contributed by atoms with van der Waals surface area (Å²) in [6.45, 7) is 0. The van der Waals surface area contributed by atoms with Crippen molar-refractivity contribution in [3.63, 3.8) is 0 Å². The maximum atomic E-state index is 2.32. The molecule has 262 valence electrons. The zero-order valence-electron chi connectivity index (χ0n) is 30.9. The summed E-state index contributed by atoms with van der Waals surface area (Å²) in [5.74, 6) is 0. The summed E-state index contributed by atoms with van der Waals surface area (Å²) >= 11 is 0. The number of hydrogen-bond donors (Lipinski definition) is 0. The highest BCUT2D eigenvalue weighted by Gasteiger charge is 2.22. The quantitative estimate of drug-likeness (QED) is 0.114. The Hall–Kier alpha value is -7.28. The smallest absolute Gasteiger partial charge is 0.00139 e. The van der Waals surface area contributed by atoms with Crippen LogP contribution in [0.2, 0.25) is 0 Å². The Kier molecular flexibility index (Phi) is 8.63. The Labute approximate surface area is 328 Å². The molecule has 0 aliphatic carbocycles. The monoisotopic (exact) mass is 710 g/mol. The number of benzene rings is 10. The second-order valence-electron chi connectivity index (χ2n) is 14.4. The molecule has 0 N–H and O–H groups in total. The van der Waals surface area contributed by atoms with Crippen LogP contribution in [0.3, 0.4) is 0 Å². The van der Waals surface area contributed by atoms with Crippen molar-refractivity contribution in [1.29, 1.82) is 0 Å². The highest BCUT2D eigenvalue weighted by molar-refractivity contribution is 6.29. The maximum absolute atomic E-state index is 2.32. The summed E-state index contributed by atoms with van der Waals surface area (Å²) in [6, 6.07) is 74.9. The van der Waals surface area contributed by atoms with E-state index in [1.54, 1.807) is 0 Å². The molecule has 10 aromatic rings. The van der Waals surface area contributed by atoms with E-state index in [4.69, 9.17) is 0 Å². The first-order valence-electron chi connectivity index (χ1n) is 19.3. The van der Waals surface area contributed by atoms with E-state index in [9.17, 15) is 0 Å². The van der Waals surface area contributed by atoms with Crippen molar-refractivity contribution in [2.75, 3.05) is 0 Å². The van der Waals surface area contributed by atoms with Crippen LogP contribution in [0, 0.1) is 0 Å². The topological polar surface area (TPSA) is 0 Å². The Bertz CT molecular complexity index is 2750. The van der Waals surface area contributed by atoms with Crippen molar-refractivity contribution in [2.24, 2.45) is 0 Å². The molecule has 56 heavy (non-hydrogen) atoms. The molecule has 0 aliphatic rings. The van der Waals surface area contributed by atoms with Gasteiger partial charge in [-0.15, -0.1) is 0 Å². The van der Waals surface area contributed by atoms with Crippen LogP contribution in [0.1, 0.15) is 22.3 Å². The van der Waals surface area contributed by atoms with E-state index in [1.165, 1.54) is 98.7 Å². The van der Waals surface area contributed by atoms with Gasteiger partial charge in [-0.1, -0.05) is 231 Å². The second kappa shape index (κ2) is 14.5. The second-order valence-corrected chi connectivity index (χ2v) is 14.4. The molecular weight excluding hydrogens is 673 g/mol. The fourth-order valence-electron chi connectivity index (χ4n) is 8.45. The highest BCUT2D eigenvalue weighted by atomic mass is 14.2. The normalized spacial score (nSPS) is 11.8. The molecule has 0 saturated heterocycles. The maximum Gasteiger partial charge on any atom is -0.00139 e. The Morgan fingerprint density at radius 3 is 0.661 bits per heavy atom. The predicted molar refractivity (Wildman–Crippen MR) is 244 cm³/mol. The molecule has 0 aromatic heterocycles. The standard InChI is InChI=1S/C56H38/c1-3-15-39(16-4-1)27-29-41-31-35-43(36-32-41)53-45-19-7-11-23-49(45)55(50-24-12-8-20-46(50)53)56-51-25-13-9-21-47(51)54(48-22-10-14-26-52(48)56)44-37-33-42(34-38-44)30-28-40-17-5-2-6-18-40/h1-38H/b29-27+,30-28+. The third-order valence-corrected chi connectivity index (χ3v) is 11.0. The molecule has 0 amide bonds. The van der Waals surface area contributed by atoms with E-state index in [-0.39, 0.29) is 0 Å². The van der Waals surface area contributed by atoms with Crippen molar-refractivity contribution in [3.05, 3.63) is 229 Å². The van der Waals surface area contributed by atoms with Gasteiger partial charge in [-0.05, 0) is 98.7 Å². The molecule has 0 radical (unpaired) electrons. The zero-order valence-corrected chi connectivity index (χ0v) is 30.9. The molecule has 0 fully saturated rings. The summed E-state index contributed by atoms with van der Waals surface area (Å²) in [5, 5.41) is 10.0. The van der Waals surface area contributed by atoms with Gasteiger partial charge in [0.05, 0.1) is 0 Å². The predicted octanol–water partition coefficient (Wildman–Crippen LogP) is 15.6. The average Bonchev–Trinajstić information content (AvgIpc) is 3.27. The van der Waals surface area contributed by atoms with Gasteiger partial charge in [-0.3, -0.25) is 0 Å². The lowest BCUT2D eigenvalue weighted by molar-refractivity contribution is 1.63. The van der Waals surface area contributed by atoms with Crippen molar-refractivity contribution in [2.45, 2.75) is 0 Å². The molecule has 0 heteroatoms. The van der Waals surface area contributed by atoms with Crippen LogP contribution in [0.4, 0.5) is 0 Å². The van der Waals surface area contributed by atoms with Crippen molar-refractivity contribution in [3.8, 4) is 33.4 Å². The molecule has 0 heterocycles. The van der Waals surface area contributed by atoms with Crippen molar-refractivity contribution in [1.82, 2.24) is 0 Å². The van der Waals surface area contributed by atoms with E-state index in [0.29, 0.717) is 0 Å². The summed E-state index contributed by atoms with van der Waals surface area (Å²) in [6.07, 6.45) is 8.73. The van der Waals surface area contributed by atoms with Crippen LogP contribution in [0.5, 0.6) is 0 Å². The molecule has 10 aromatic carbocycles. The van der Waals surface area contributed by atoms with Gasteiger partial charge < -0.3 is 0 Å². The van der Waals surface area contributed by atoms with Crippen molar-refractivity contribution >= 4 is 67.4 Å². The lowest BCUT2D eigenvalue weighted by atomic mass is 9.81. The molecule has 10 rings (SSSR count). The van der Waals surface area contributed by atoms with Crippen LogP contribution >= 0.6 is 0 Å². The Balaban J connectivity index is 1.16. The first-order chi connectivity index (χ1) is 27.8. The molecule has 0 saturated carbocycles. The van der Waals surface area contributed by atoms with Gasteiger partial charge in [0.25, 0.3) is 0 Å². The van der Waals surface area contributed by atoms with E-state index in [1.807, 2.05) is 0 Å². The molecule has 0 aliphatic heterocycles. The van der Waals surface area contributed by atoms with Gasteiger partial charge in [0.15, 0.2) is 0 Å². The molecule has 0 unspecified atom stereocenters. The molecular formula is C56H38. The lowest BCUT2D eigenvalue weighted by Crippen LogP contribution is -1.94. The van der Waals surface area contributed by atoms with Crippen LogP contribution in [-0.4, -0.2) is 0 Å². The fourth-order valence-corrected chi connectivity index (χ4v) is 8.45. The summed E-state index contributed by atoms with van der Waals surface area (Å²) in [7, 11) is 0. The first-order valence-corrected chi connectivity index (χ1v) is 19.3. The summed E-state index contributed by atoms with van der Waals surface area (Å²) in [4.78, 5) is 0. The highest BCUT2D eigenvalue weighted by Crippen LogP contribution is 2.50. The van der Waals surface area contributed by atoms with E-state index in [0.717, 1.165) is 0 Å². The third-order valence-electron chi connectivity index (χ3n) is 11.0. The Morgan fingerprint density at radius 1 is 0.179 bits per heavy atom. The summed E-state index contributed by atoms with van der Waals surface area (Å²) in [5.41, 5.74) is 12.3.